The molecule has 0 heterocycles. The van der Waals surface area contributed by atoms with Crippen LogP contribution in [0.3, 0.4) is 0 Å². The average Bonchev–Trinajstić information content (AvgIpc) is 2.81. The van der Waals surface area contributed by atoms with Crippen molar-refractivity contribution in [2.24, 2.45) is 33.7 Å². The van der Waals surface area contributed by atoms with Crippen LogP contribution in [0.5, 0.6) is 11.5 Å². The molecule has 9 heteroatoms. The van der Waals surface area contributed by atoms with Crippen molar-refractivity contribution in [1.29, 1.82) is 0 Å². The van der Waals surface area contributed by atoms with Crippen LogP contribution in [0.2, 0.25) is 5.02 Å². The van der Waals surface area contributed by atoms with Gasteiger partial charge in [-0.15, -0.1) is 0 Å². The lowest BCUT2D eigenvalue weighted by Crippen LogP contribution is -2.40. The Morgan fingerprint density at radius 3 is 2.56 bits per heavy atom. The highest BCUT2D eigenvalue weighted by molar-refractivity contribution is 6.33. The fourth-order valence-electron chi connectivity index (χ4n) is 4.35. The number of ether oxygens (including phenoxy) is 1. The van der Waals surface area contributed by atoms with Crippen LogP contribution in [-0.4, -0.2) is 42.1 Å². The van der Waals surface area contributed by atoms with Crippen LogP contribution in [0.4, 0.5) is 0 Å². The van der Waals surface area contributed by atoms with Gasteiger partial charge in [-0.2, -0.15) is 0 Å². The van der Waals surface area contributed by atoms with Crippen molar-refractivity contribution >= 4 is 35.4 Å². The maximum absolute atomic E-state index is 12.3. The highest BCUT2D eigenvalue weighted by Crippen LogP contribution is 2.45. The van der Waals surface area contributed by atoms with Crippen molar-refractivity contribution in [3.05, 3.63) is 45.5 Å². The van der Waals surface area contributed by atoms with Gasteiger partial charge in [0.25, 0.3) is 5.91 Å². The first-order valence-corrected chi connectivity index (χ1v) is 12.3. The molecule has 8 nitrogen and oxygen atoms in total. The maximum atomic E-state index is 12.3. The molecule has 3 atom stereocenters. The van der Waals surface area contributed by atoms with Gasteiger partial charge < -0.3 is 21.3 Å². The zero-order valence-electron chi connectivity index (χ0n) is 21.6. The number of nitrogens with zero attached hydrogens (tertiary/aromatic N) is 1. The molecule has 0 aromatic heterocycles. The molecule has 0 unspecified atom stereocenters. The van der Waals surface area contributed by atoms with Gasteiger partial charge in [-0.25, -0.2) is 0 Å². The molecule has 0 radical (unpaired) electrons. The normalized spacial score (nSPS) is 22.9. The molecule has 2 amide bonds. The van der Waals surface area contributed by atoms with E-state index in [2.05, 4.69) is 24.9 Å². The molecule has 0 bridgehead atoms. The Kier molecular flexibility index (Phi) is 9.87. The number of phenols is 1. The third-order valence-electron chi connectivity index (χ3n) is 7.21. The summed E-state index contributed by atoms with van der Waals surface area (Å²) >= 11 is 6.53. The topological polar surface area (TPSA) is 145 Å². The van der Waals surface area contributed by atoms with E-state index in [4.69, 9.17) is 27.8 Å². The number of halogens is 1. The van der Waals surface area contributed by atoms with E-state index in [9.17, 15) is 19.5 Å². The smallest absolute Gasteiger partial charge is 0.255 e. The van der Waals surface area contributed by atoms with Crippen LogP contribution in [0.1, 0.15) is 57.2 Å². The van der Waals surface area contributed by atoms with Crippen LogP contribution < -0.4 is 16.2 Å². The number of phenolic OH excluding ortho intramolecular Hbond substituents is 1. The summed E-state index contributed by atoms with van der Waals surface area (Å²) in [5, 5.41) is 11.2. The molecule has 2 rings (SSSR count). The van der Waals surface area contributed by atoms with E-state index < -0.39 is 18.4 Å². The van der Waals surface area contributed by atoms with E-state index in [1.165, 1.54) is 6.21 Å². The molecule has 5 N–H and O–H groups in total. The first-order valence-electron chi connectivity index (χ1n) is 11.9. The molecule has 1 aliphatic rings. The minimum atomic E-state index is -0.686. The van der Waals surface area contributed by atoms with E-state index in [0.29, 0.717) is 29.0 Å². The largest absolute Gasteiger partial charge is 0.507 e. The number of aromatic hydroxyl groups is 1. The van der Waals surface area contributed by atoms with E-state index in [1.807, 2.05) is 26.0 Å². The molecule has 0 aliphatic heterocycles. The molecule has 0 spiro atoms. The number of ketones is 1. The van der Waals surface area contributed by atoms with Crippen molar-refractivity contribution < 1.29 is 24.2 Å². The summed E-state index contributed by atoms with van der Waals surface area (Å²) in [6.07, 6.45) is 9.02. The summed E-state index contributed by atoms with van der Waals surface area (Å²) in [6, 6.07) is 0. The maximum Gasteiger partial charge on any atom is 0.255 e. The molecule has 196 valence electrons. The fraction of sp³-hybridized carbons (Fsp3) is 0.481. The SMILES string of the molecule is CC(C=C[C@@]1(C)[C@H](C)CCC(=O)[C@@H]1C)=CCc1c(O)c(C=NCC(N)=O)c(C)c(Cl)c1OCC(N)=O. The number of allylic oxidation sites excluding steroid dienone is 4. The van der Waals surface area contributed by atoms with Crippen LogP contribution in [0.15, 0.2) is 28.8 Å². The Morgan fingerprint density at radius 2 is 1.94 bits per heavy atom. The summed E-state index contributed by atoms with van der Waals surface area (Å²) in [6.45, 7) is 9.19. The highest BCUT2D eigenvalue weighted by atomic mass is 35.5. The summed E-state index contributed by atoms with van der Waals surface area (Å²) in [7, 11) is 0. The molecular weight excluding hydrogens is 482 g/mol. The average molecular weight is 518 g/mol. The van der Waals surface area contributed by atoms with Crippen LogP contribution in [0.25, 0.3) is 0 Å². The number of hydrogen-bond acceptors (Lipinski definition) is 6. The predicted octanol–water partition coefficient (Wildman–Crippen LogP) is 3.81. The van der Waals surface area contributed by atoms with Gasteiger partial charge in [-0.3, -0.25) is 19.4 Å². The monoisotopic (exact) mass is 517 g/mol. The zero-order valence-corrected chi connectivity index (χ0v) is 22.3. The van der Waals surface area contributed by atoms with Crippen LogP contribution >= 0.6 is 11.6 Å². The van der Waals surface area contributed by atoms with Gasteiger partial charge in [-0.1, -0.05) is 56.2 Å². The number of rotatable bonds is 10. The first-order chi connectivity index (χ1) is 16.8. The Labute approximate surface area is 217 Å². The Bertz CT molecular complexity index is 1130. The lowest BCUT2D eigenvalue weighted by molar-refractivity contribution is -0.129. The van der Waals surface area contributed by atoms with E-state index in [-0.39, 0.29) is 46.6 Å². The second kappa shape index (κ2) is 12.2. The summed E-state index contributed by atoms with van der Waals surface area (Å²) in [5.41, 5.74) is 12.2. The standard InChI is InChI=1S/C27H36ClN3O5/c1-15(10-11-27(5)16(2)7-9-21(32)18(27)4)6-8-19-25(35)20(12-31-13-22(29)33)17(3)24(28)26(19)36-14-23(30)34/h6,10-12,16,18,35H,7-9,13-14H2,1-5H3,(H2,29,33)(H2,30,34)/t16-,18+,27+/m1/s1. The molecule has 1 aliphatic carbocycles. The number of carbonyl (C=O) groups excluding carboxylic acids is 3. The van der Waals surface area contributed by atoms with Crippen molar-refractivity contribution in [2.75, 3.05) is 13.2 Å². The quantitative estimate of drug-likeness (QED) is 0.319. The van der Waals surface area contributed by atoms with E-state index >= 15 is 0 Å². The van der Waals surface area contributed by atoms with Gasteiger partial charge in [0.2, 0.25) is 5.91 Å². The number of primary amides is 2. The zero-order chi connectivity index (χ0) is 27.2. The second-order valence-corrected chi connectivity index (χ2v) is 10.1. The number of amides is 2. The minimum Gasteiger partial charge on any atom is -0.507 e. The fourth-order valence-corrected chi connectivity index (χ4v) is 4.62. The van der Waals surface area contributed by atoms with Gasteiger partial charge >= 0.3 is 0 Å². The predicted molar refractivity (Wildman–Crippen MR) is 141 cm³/mol. The summed E-state index contributed by atoms with van der Waals surface area (Å²) in [5.74, 6) is -0.704. The van der Waals surface area contributed by atoms with Crippen LogP contribution in [-0.2, 0) is 20.8 Å². The molecule has 0 saturated heterocycles. The lowest BCUT2D eigenvalue weighted by Gasteiger charge is -2.42. The highest BCUT2D eigenvalue weighted by Gasteiger charge is 2.41. The van der Waals surface area contributed by atoms with Crippen molar-refractivity contribution in [3.8, 4) is 11.5 Å². The van der Waals surface area contributed by atoms with Crippen molar-refractivity contribution in [1.82, 2.24) is 0 Å². The number of nitrogens with two attached hydrogens (primary N) is 2. The molecular formula is C27H36ClN3O5. The lowest BCUT2D eigenvalue weighted by atomic mass is 9.61. The third-order valence-corrected chi connectivity index (χ3v) is 7.66. The van der Waals surface area contributed by atoms with Crippen LogP contribution in [0, 0.1) is 24.2 Å². The van der Waals surface area contributed by atoms with Crippen molar-refractivity contribution in [3.63, 3.8) is 0 Å². The van der Waals surface area contributed by atoms with Gasteiger partial charge in [0.1, 0.15) is 23.8 Å². The van der Waals surface area contributed by atoms with E-state index in [0.717, 1.165) is 12.0 Å². The Morgan fingerprint density at radius 1 is 1.28 bits per heavy atom. The third kappa shape index (κ3) is 6.75. The molecule has 1 aromatic carbocycles. The van der Waals surface area contributed by atoms with Gasteiger partial charge in [0.05, 0.1) is 5.02 Å². The second-order valence-electron chi connectivity index (χ2n) is 9.68. The summed E-state index contributed by atoms with van der Waals surface area (Å²) in [4.78, 5) is 38.7. The van der Waals surface area contributed by atoms with Gasteiger partial charge in [0, 0.05) is 29.7 Å². The molecule has 36 heavy (non-hydrogen) atoms. The summed E-state index contributed by atoms with van der Waals surface area (Å²) < 4.78 is 5.56. The number of carbonyl (C=O) groups is 3. The molecule has 1 aromatic rings. The minimum absolute atomic E-state index is 0.0682. The molecule has 1 fully saturated rings. The Balaban J connectivity index is 2.44. The van der Waals surface area contributed by atoms with E-state index in [1.54, 1.807) is 6.92 Å². The number of hydrogen-bond donors (Lipinski definition) is 3. The molecule has 1 saturated carbocycles. The van der Waals surface area contributed by atoms with Gasteiger partial charge in [0.15, 0.2) is 6.61 Å². The number of benzene rings is 1. The van der Waals surface area contributed by atoms with Gasteiger partial charge in [-0.05, 0) is 43.6 Å². The number of Topliss-reactive ketones (excluding diaryl/α,β-unsaturated/α-hetero) is 1. The first kappa shape index (κ1) is 29.1. The Hall–Kier alpha value is -3.13. The number of aliphatic imine (C=N–C) groups is 1. The van der Waals surface area contributed by atoms with Crippen molar-refractivity contribution in [2.45, 2.75) is 53.9 Å².